The lowest BCUT2D eigenvalue weighted by Crippen LogP contribution is -2.60. The van der Waals surface area contributed by atoms with E-state index in [1.807, 2.05) is 30.3 Å². The number of halogens is 1. The molecule has 0 saturated carbocycles. The molecule has 3 rings (SSSR count). The summed E-state index contributed by atoms with van der Waals surface area (Å²) in [5, 5.41) is 25.1. The third kappa shape index (κ3) is 5.55. The number of hydrogen-bond acceptors (Lipinski definition) is 4. The Morgan fingerprint density at radius 3 is 2.54 bits per heavy atom. The summed E-state index contributed by atoms with van der Waals surface area (Å²) in [6.07, 6.45) is 0.495. The highest BCUT2D eigenvalue weighted by atomic mass is 35.5. The van der Waals surface area contributed by atoms with Gasteiger partial charge in [-0.15, -0.1) is 0 Å². The highest BCUT2D eigenvalue weighted by Crippen LogP contribution is 2.23. The van der Waals surface area contributed by atoms with Crippen molar-refractivity contribution in [2.75, 3.05) is 26.2 Å². The van der Waals surface area contributed by atoms with Gasteiger partial charge in [-0.2, -0.15) is 0 Å². The van der Waals surface area contributed by atoms with E-state index in [0.29, 0.717) is 24.5 Å². The molecule has 6 heteroatoms. The maximum atomic E-state index is 12.5. The van der Waals surface area contributed by atoms with Crippen LogP contribution in [0.5, 0.6) is 0 Å². The van der Waals surface area contributed by atoms with Gasteiger partial charge < -0.3 is 20.4 Å². The molecule has 150 valence electrons. The first-order valence-electron chi connectivity index (χ1n) is 9.63. The molecule has 1 fully saturated rings. The summed E-state index contributed by atoms with van der Waals surface area (Å²) in [5.74, 6) is -0.0551. The van der Waals surface area contributed by atoms with Crippen LogP contribution in [-0.2, 0) is 17.6 Å². The van der Waals surface area contributed by atoms with Crippen molar-refractivity contribution >= 4 is 17.5 Å². The zero-order valence-electron chi connectivity index (χ0n) is 15.9. The number of carbonyl (C=O) groups excluding carboxylic acids is 1. The van der Waals surface area contributed by atoms with Gasteiger partial charge in [-0.25, -0.2) is 0 Å². The summed E-state index contributed by atoms with van der Waals surface area (Å²) in [4.78, 5) is 14.1. The molecule has 0 aliphatic carbocycles. The number of aliphatic hydroxyl groups excluding tert-OH is 1. The molecule has 3 N–H and O–H groups in total. The summed E-state index contributed by atoms with van der Waals surface area (Å²) in [6, 6.07) is 17.3. The SMILES string of the molecule is O=C(Cc1ccc(Cl)cc1)N1CC[C@](O)(CNCCc2ccccc2)[C@@H](O)C1. The Labute approximate surface area is 170 Å². The van der Waals surface area contributed by atoms with Gasteiger partial charge in [-0.05, 0) is 42.6 Å². The Kier molecular flexibility index (Phi) is 7.08. The molecule has 0 aromatic heterocycles. The van der Waals surface area contributed by atoms with Gasteiger partial charge in [0.1, 0.15) is 11.7 Å². The Balaban J connectivity index is 1.45. The molecule has 28 heavy (non-hydrogen) atoms. The number of β-amino-alcohol motifs (C(OH)–C–C–N with tert-alkyl or cyclic N) is 1. The van der Waals surface area contributed by atoms with Crippen LogP contribution >= 0.6 is 11.6 Å². The first kappa shape index (κ1) is 20.8. The second-order valence-corrected chi connectivity index (χ2v) is 7.86. The van der Waals surface area contributed by atoms with Crippen LogP contribution in [0.4, 0.5) is 0 Å². The van der Waals surface area contributed by atoms with Crippen molar-refractivity contribution in [1.29, 1.82) is 0 Å². The molecule has 1 amide bonds. The summed E-state index contributed by atoms with van der Waals surface area (Å²) in [7, 11) is 0. The molecule has 0 spiro atoms. The monoisotopic (exact) mass is 402 g/mol. The zero-order valence-corrected chi connectivity index (χ0v) is 16.6. The van der Waals surface area contributed by atoms with Gasteiger partial charge in [-0.3, -0.25) is 4.79 Å². The van der Waals surface area contributed by atoms with Gasteiger partial charge in [0.2, 0.25) is 5.91 Å². The first-order chi connectivity index (χ1) is 13.5. The largest absolute Gasteiger partial charge is 0.388 e. The van der Waals surface area contributed by atoms with Crippen LogP contribution in [0, 0.1) is 0 Å². The van der Waals surface area contributed by atoms with Gasteiger partial charge in [0.25, 0.3) is 0 Å². The molecule has 0 unspecified atom stereocenters. The minimum Gasteiger partial charge on any atom is -0.388 e. The molecule has 0 bridgehead atoms. The number of likely N-dealkylation sites (tertiary alicyclic amines) is 1. The fourth-order valence-electron chi connectivity index (χ4n) is 3.47. The van der Waals surface area contributed by atoms with E-state index in [1.165, 1.54) is 5.56 Å². The second kappa shape index (κ2) is 9.52. The number of rotatable bonds is 7. The molecule has 2 aromatic rings. The highest BCUT2D eigenvalue weighted by molar-refractivity contribution is 6.30. The summed E-state index contributed by atoms with van der Waals surface area (Å²) in [5.41, 5.74) is 0.894. The lowest BCUT2D eigenvalue weighted by atomic mass is 9.88. The first-order valence-corrected chi connectivity index (χ1v) is 10.0. The summed E-state index contributed by atoms with van der Waals surface area (Å²) >= 11 is 5.87. The van der Waals surface area contributed by atoms with Crippen LogP contribution < -0.4 is 5.32 Å². The standard InChI is InChI=1S/C22H27ClN2O3/c23-19-8-6-18(7-9-19)14-21(27)25-13-11-22(28,20(26)15-25)16-24-12-10-17-4-2-1-3-5-17/h1-9,20,24,26,28H,10-16H2/t20-,22-/m0/s1. The average molecular weight is 403 g/mol. The van der Waals surface area contributed by atoms with Gasteiger partial charge in [0.05, 0.1) is 6.42 Å². The Bertz CT molecular complexity index is 769. The van der Waals surface area contributed by atoms with Crippen LogP contribution in [0.3, 0.4) is 0 Å². The van der Waals surface area contributed by atoms with E-state index in [4.69, 9.17) is 11.6 Å². The number of amides is 1. The molecule has 2 aromatic carbocycles. The van der Waals surface area contributed by atoms with E-state index in [2.05, 4.69) is 17.4 Å². The summed E-state index contributed by atoms with van der Waals surface area (Å²) in [6.45, 7) is 1.60. The molecule has 1 heterocycles. The van der Waals surface area contributed by atoms with Crippen LogP contribution in [0.2, 0.25) is 5.02 Å². The quantitative estimate of drug-likeness (QED) is 0.620. The predicted molar refractivity (Wildman–Crippen MR) is 110 cm³/mol. The highest BCUT2D eigenvalue weighted by Gasteiger charge is 2.41. The maximum absolute atomic E-state index is 12.5. The van der Waals surface area contributed by atoms with Gasteiger partial charge in [0.15, 0.2) is 0 Å². The molecule has 0 radical (unpaired) electrons. The third-order valence-corrected chi connectivity index (χ3v) is 5.57. The number of aliphatic hydroxyl groups is 2. The number of hydrogen-bond donors (Lipinski definition) is 3. The minimum atomic E-state index is -1.21. The van der Waals surface area contributed by atoms with Crippen LogP contribution in [-0.4, -0.2) is 58.9 Å². The lowest BCUT2D eigenvalue weighted by molar-refractivity contribution is -0.148. The number of benzene rings is 2. The smallest absolute Gasteiger partial charge is 0.227 e. The number of carbonyl (C=O) groups is 1. The Morgan fingerprint density at radius 1 is 1.14 bits per heavy atom. The third-order valence-electron chi connectivity index (χ3n) is 5.31. The minimum absolute atomic E-state index is 0.0551. The fourth-order valence-corrected chi connectivity index (χ4v) is 3.59. The molecule has 1 saturated heterocycles. The second-order valence-electron chi connectivity index (χ2n) is 7.42. The van der Waals surface area contributed by atoms with E-state index >= 15 is 0 Å². The van der Waals surface area contributed by atoms with Crippen molar-refractivity contribution < 1.29 is 15.0 Å². The molecular weight excluding hydrogens is 376 g/mol. The molecule has 1 aliphatic rings. The van der Waals surface area contributed by atoms with Crippen molar-refractivity contribution in [3.63, 3.8) is 0 Å². The van der Waals surface area contributed by atoms with E-state index < -0.39 is 11.7 Å². The van der Waals surface area contributed by atoms with E-state index in [9.17, 15) is 15.0 Å². The number of nitrogens with one attached hydrogen (secondary N) is 1. The molecular formula is C22H27ClN2O3. The molecule has 2 atom stereocenters. The van der Waals surface area contributed by atoms with Gasteiger partial charge in [-0.1, -0.05) is 54.1 Å². The topological polar surface area (TPSA) is 72.8 Å². The zero-order chi connectivity index (χ0) is 20.0. The molecule has 5 nitrogen and oxygen atoms in total. The summed E-state index contributed by atoms with van der Waals surface area (Å²) < 4.78 is 0. The predicted octanol–water partition coefficient (Wildman–Crippen LogP) is 2.04. The van der Waals surface area contributed by atoms with Crippen molar-refractivity contribution in [3.05, 3.63) is 70.7 Å². The van der Waals surface area contributed by atoms with Gasteiger partial charge >= 0.3 is 0 Å². The lowest BCUT2D eigenvalue weighted by Gasteiger charge is -2.42. The Morgan fingerprint density at radius 2 is 1.86 bits per heavy atom. The Hall–Kier alpha value is -1.92. The molecule has 1 aliphatic heterocycles. The maximum Gasteiger partial charge on any atom is 0.227 e. The van der Waals surface area contributed by atoms with Crippen molar-refractivity contribution in [3.8, 4) is 0 Å². The van der Waals surface area contributed by atoms with Crippen LogP contribution in [0.15, 0.2) is 54.6 Å². The van der Waals surface area contributed by atoms with E-state index in [1.54, 1.807) is 17.0 Å². The normalized spacial score (nSPS) is 22.2. The fraction of sp³-hybridized carbons (Fsp3) is 0.409. The number of nitrogens with zero attached hydrogens (tertiary/aromatic N) is 1. The average Bonchev–Trinajstić information content (AvgIpc) is 2.70. The van der Waals surface area contributed by atoms with Crippen LogP contribution in [0.25, 0.3) is 0 Å². The van der Waals surface area contributed by atoms with Crippen LogP contribution in [0.1, 0.15) is 17.5 Å². The van der Waals surface area contributed by atoms with E-state index in [-0.39, 0.29) is 18.9 Å². The van der Waals surface area contributed by atoms with Crippen molar-refractivity contribution in [2.24, 2.45) is 0 Å². The van der Waals surface area contributed by atoms with Gasteiger partial charge in [0, 0.05) is 24.7 Å². The van der Waals surface area contributed by atoms with Crippen molar-refractivity contribution in [1.82, 2.24) is 10.2 Å². The number of piperidine rings is 1. The van der Waals surface area contributed by atoms with E-state index in [0.717, 1.165) is 18.5 Å². The van der Waals surface area contributed by atoms with Crippen molar-refractivity contribution in [2.45, 2.75) is 31.0 Å².